The summed E-state index contributed by atoms with van der Waals surface area (Å²) in [5, 5.41) is 0. The highest BCUT2D eigenvalue weighted by Gasteiger charge is 2.27. The summed E-state index contributed by atoms with van der Waals surface area (Å²) in [6.07, 6.45) is 6.12. The highest BCUT2D eigenvalue weighted by molar-refractivity contribution is 5.81. The van der Waals surface area contributed by atoms with Gasteiger partial charge in [-0.25, -0.2) is 19.9 Å². The molecular formula is C23H25N7O. The Kier molecular flexibility index (Phi) is 4.97. The maximum absolute atomic E-state index is 6.35. The van der Waals surface area contributed by atoms with Gasteiger partial charge in [-0.1, -0.05) is 18.2 Å². The van der Waals surface area contributed by atoms with Crippen molar-refractivity contribution in [2.75, 3.05) is 18.0 Å². The Labute approximate surface area is 181 Å². The summed E-state index contributed by atoms with van der Waals surface area (Å²) < 4.78 is 8.40. The molecule has 1 saturated heterocycles. The molecule has 1 atom stereocenters. The summed E-state index contributed by atoms with van der Waals surface area (Å²) in [5.74, 6) is 2.03. The molecule has 4 heterocycles. The molecule has 0 aliphatic carbocycles. The van der Waals surface area contributed by atoms with Gasteiger partial charge in [0.1, 0.15) is 24.1 Å². The normalized spacial score (nSPS) is 16.2. The lowest BCUT2D eigenvalue weighted by Crippen LogP contribution is -2.25. The van der Waals surface area contributed by atoms with Crippen LogP contribution in [-0.4, -0.2) is 48.7 Å². The molecule has 1 aliphatic heterocycles. The largest absolute Gasteiger partial charge is 0.471 e. The Balaban J connectivity index is 1.44. The molecule has 31 heavy (non-hydrogen) atoms. The minimum atomic E-state index is 0.0515. The van der Waals surface area contributed by atoms with Crippen molar-refractivity contribution in [3.63, 3.8) is 0 Å². The van der Waals surface area contributed by atoms with Crippen molar-refractivity contribution in [3.05, 3.63) is 54.4 Å². The maximum Gasteiger partial charge on any atom is 0.245 e. The Morgan fingerprint density at radius 3 is 2.65 bits per heavy atom. The molecule has 0 amide bonds. The number of para-hydroxylation sites is 1. The molecule has 0 N–H and O–H groups in total. The van der Waals surface area contributed by atoms with Crippen molar-refractivity contribution in [1.82, 2.24) is 29.5 Å². The lowest BCUT2D eigenvalue weighted by atomic mass is 10.2. The van der Waals surface area contributed by atoms with E-state index in [4.69, 9.17) is 9.72 Å². The quantitative estimate of drug-likeness (QED) is 0.493. The second kappa shape index (κ2) is 7.94. The summed E-state index contributed by atoms with van der Waals surface area (Å²) in [4.78, 5) is 24.7. The number of ether oxygens (including phenoxy) is 1. The van der Waals surface area contributed by atoms with Crippen molar-refractivity contribution >= 4 is 16.9 Å². The third-order valence-electron chi connectivity index (χ3n) is 5.73. The van der Waals surface area contributed by atoms with Crippen molar-refractivity contribution < 1.29 is 4.74 Å². The van der Waals surface area contributed by atoms with Crippen LogP contribution in [0.15, 0.2) is 43.0 Å². The van der Waals surface area contributed by atoms with Gasteiger partial charge < -0.3 is 14.2 Å². The summed E-state index contributed by atoms with van der Waals surface area (Å²) in [6.45, 7) is 8.58. The van der Waals surface area contributed by atoms with Gasteiger partial charge in [-0.15, -0.1) is 0 Å². The lowest BCUT2D eigenvalue weighted by Gasteiger charge is -2.20. The average molecular weight is 416 g/mol. The van der Waals surface area contributed by atoms with Crippen molar-refractivity contribution in [2.24, 2.45) is 0 Å². The van der Waals surface area contributed by atoms with Gasteiger partial charge in [0.15, 0.2) is 11.2 Å². The molecule has 8 heteroatoms. The minimum Gasteiger partial charge on any atom is -0.471 e. The minimum absolute atomic E-state index is 0.0515. The van der Waals surface area contributed by atoms with Gasteiger partial charge in [0.25, 0.3) is 0 Å². The van der Waals surface area contributed by atoms with Crippen LogP contribution in [0.4, 0.5) is 5.69 Å². The van der Waals surface area contributed by atoms with Gasteiger partial charge >= 0.3 is 0 Å². The molecule has 3 aromatic heterocycles. The van der Waals surface area contributed by atoms with Crippen molar-refractivity contribution in [2.45, 2.75) is 39.8 Å². The first kappa shape index (κ1) is 19.4. The Morgan fingerprint density at radius 2 is 1.87 bits per heavy atom. The molecule has 1 aromatic carbocycles. The van der Waals surface area contributed by atoms with Crippen molar-refractivity contribution in [1.29, 1.82) is 0 Å². The van der Waals surface area contributed by atoms with Crippen LogP contribution in [-0.2, 0) is 6.54 Å². The smallest absolute Gasteiger partial charge is 0.245 e. The molecule has 0 bridgehead atoms. The molecule has 0 spiro atoms. The number of rotatable bonds is 5. The van der Waals surface area contributed by atoms with Crippen LogP contribution in [0, 0.1) is 13.8 Å². The fraction of sp³-hybridized carbons (Fsp3) is 0.348. The van der Waals surface area contributed by atoms with E-state index in [9.17, 15) is 0 Å². The van der Waals surface area contributed by atoms with E-state index in [1.54, 1.807) is 18.7 Å². The van der Waals surface area contributed by atoms with Gasteiger partial charge in [0, 0.05) is 37.6 Å². The average Bonchev–Trinajstić information content (AvgIpc) is 3.39. The van der Waals surface area contributed by atoms with Crippen LogP contribution in [0.1, 0.15) is 24.7 Å². The number of fused-ring (bicyclic) bond motifs is 1. The highest BCUT2D eigenvalue weighted by Crippen LogP contribution is 2.30. The number of imidazole rings is 1. The second-order valence-electron chi connectivity index (χ2n) is 7.81. The molecule has 0 radical (unpaired) electrons. The number of aryl methyl sites for hydroxylation is 3. The Bertz CT molecular complexity index is 1220. The monoisotopic (exact) mass is 415 g/mol. The Morgan fingerprint density at radius 1 is 1.06 bits per heavy atom. The summed E-state index contributed by atoms with van der Waals surface area (Å²) >= 11 is 0. The van der Waals surface area contributed by atoms with E-state index in [0.717, 1.165) is 48.9 Å². The highest BCUT2D eigenvalue weighted by atomic mass is 16.5. The summed E-state index contributed by atoms with van der Waals surface area (Å²) in [5.41, 5.74) is 4.83. The van der Waals surface area contributed by atoms with Crippen LogP contribution in [0.25, 0.3) is 22.6 Å². The number of hydrogen-bond acceptors (Lipinski definition) is 7. The third kappa shape index (κ3) is 3.58. The third-order valence-corrected chi connectivity index (χ3v) is 5.73. The van der Waals surface area contributed by atoms with E-state index in [1.807, 2.05) is 11.5 Å². The fourth-order valence-electron chi connectivity index (χ4n) is 4.15. The molecule has 4 aromatic rings. The number of nitrogens with zero attached hydrogens (tertiary/aromatic N) is 7. The predicted molar refractivity (Wildman–Crippen MR) is 119 cm³/mol. The standard InChI is InChI=1S/C23H25N7O/c1-4-30-21(17-11-24-16(3)25-12-17)28-20-22(30)26-14-27-23(20)31-18-9-10-29(13-18)19-8-6-5-7-15(19)2/h5-8,11-12,14,18H,4,9-10,13H2,1-3H3/t18-/m0/s1. The zero-order valence-corrected chi connectivity index (χ0v) is 18.0. The Hall–Kier alpha value is -3.55. The summed E-state index contributed by atoms with van der Waals surface area (Å²) in [7, 11) is 0. The van der Waals surface area contributed by atoms with E-state index in [-0.39, 0.29) is 6.10 Å². The second-order valence-corrected chi connectivity index (χ2v) is 7.81. The molecular weight excluding hydrogens is 390 g/mol. The van der Waals surface area contributed by atoms with Gasteiger partial charge in [-0.05, 0) is 32.4 Å². The molecule has 158 valence electrons. The lowest BCUT2D eigenvalue weighted by molar-refractivity contribution is 0.218. The van der Waals surface area contributed by atoms with E-state index in [2.05, 4.69) is 62.9 Å². The van der Waals surface area contributed by atoms with Crippen LogP contribution < -0.4 is 9.64 Å². The maximum atomic E-state index is 6.35. The van der Waals surface area contributed by atoms with E-state index >= 15 is 0 Å². The number of hydrogen-bond donors (Lipinski definition) is 0. The zero-order chi connectivity index (χ0) is 21.4. The van der Waals surface area contributed by atoms with E-state index in [1.165, 1.54) is 11.3 Å². The van der Waals surface area contributed by atoms with Gasteiger partial charge in [0.05, 0.1) is 12.1 Å². The van der Waals surface area contributed by atoms with Crippen molar-refractivity contribution in [3.8, 4) is 17.3 Å². The number of anilines is 1. The SMILES string of the molecule is CCn1c(-c2cnc(C)nc2)nc2c(O[C@H]3CCN(c4ccccc4C)C3)ncnc21. The predicted octanol–water partition coefficient (Wildman–Crippen LogP) is 3.58. The van der Waals surface area contributed by atoms with Gasteiger partial charge in [-0.3, -0.25) is 0 Å². The molecule has 5 rings (SSSR count). The fourth-order valence-corrected chi connectivity index (χ4v) is 4.15. The number of benzene rings is 1. The molecule has 8 nitrogen and oxygen atoms in total. The topological polar surface area (TPSA) is 81.9 Å². The molecule has 0 unspecified atom stereocenters. The van der Waals surface area contributed by atoms with Crippen LogP contribution in [0.2, 0.25) is 0 Å². The summed E-state index contributed by atoms with van der Waals surface area (Å²) in [6, 6.07) is 8.46. The first-order valence-electron chi connectivity index (χ1n) is 10.6. The molecule has 1 fully saturated rings. The van der Waals surface area contributed by atoms with Crippen LogP contribution in [0.5, 0.6) is 5.88 Å². The first-order chi connectivity index (χ1) is 15.1. The number of aromatic nitrogens is 6. The van der Waals surface area contributed by atoms with Crippen LogP contribution in [0.3, 0.4) is 0 Å². The first-order valence-corrected chi connectivity index (χ1v) is 10.6. The van der Waals surface area contributed by atoms with Gasteiger partial charge in [0.2, 0.25) is 5.88 Å². The van der Waals surface area contributed by atoms with E-state index < -0.39 is 0 Å². The van der Waals surface area contributed by atoms with E-state index in [0.29, 0.717) is 11.4 Å². The zero-order valence-electron chi connectivity index (χ0n) is 18.0. The van der Waals surface area contributed by atoms with Crippen LogP contribution >= 0.6 is 0 Å². The molecule has 0 saturated carbocycles. The van der Waals surface area contributed by atoms with Gasteiger partial charge in [-0.2, -0.15) is 4.98 Å². The molecule has 1 aliphatic rings.